The minimum atomic E-state index is -0.150. The average Bonchev–Trinajstić information content (AvgIpc) is 3.06. The van der Waals surface area contributed by atoms with Crippen LogP contribution in [0.1, 0.15) is 19.8 Å². The normalized spacial score (nSPS) is 14.2. The second-order valence-corrected chi connectivity index (χ2v) is 4.17. The molecule has 0 saturated heterocycles. The lowest BCUT2D eigenvalue weighted by Crippen LogP contribution is -2.43. The Bertz CT molecular complexity index is 267. The van der Waals surface area contributed by atoms with Crippen molar-refractivity contribution in [2.75, 3.05) is 33.4 Å². The summed E-state index contributed by atoms with van der Waals surface area (Å²) in [6.07, 6.45) is 2.14. The topological polar surface area (TPSA) is 70.7 Å². The minimum absolute atomic E-state index is 0.00792. The fourth-order valence-corrected chi connectivity index (χ4v) is 1.40. The molecule has 98 valence electrons. The van der Waals surface area contributed by atoms with Gasteiger partial charge in [-0.05, 0) is 12.8 Å². The quantitative estimate of drug-likeness (QED) is 0.658. The molecular weight excluding hydrogens is 222 g/mol. The van der Waals surface area contributed by atoms with Crippen LogP contribution in [-0.2, 0) is 9.53 Å². The molecule has 3 amide bonds. The standard InChI is InChI=1S/C11H21N3O3/c1-9(15)14(7-8-17-2)6-5-12-11(16)13-10-3-4-10/h10H,3-8H2,1-2H3,(H2,12,13,16). The predicted molar refractivity (Wildman–Crippen MR) is 63.7 cm³/mol. The van der Waals surface area contributed by atoms with Crippen molar-refractivity contribution in [2.45, 2.75) is 25.8 Å². The fraction of sp³-hybridized carbons (Fsp3) is 0.818. The molecule has 17 heavy (non-hydrogen) atoms. The SMILES string of the molecule is COCCN(CCNC(=O)NC1CC1)C(C)=O. The maximum absolute atomic E-state index is 11.3. The summed E-state index contributed by atoms with van der Waals surface area (Å²) in [7, 11) is 1.60. The Morgan fingerprint density at radius 3 is 2.59 bits per heavy atom. The van der Waals surface area contributed by atoms with Gasteiger partial charge in [0, 0.05) is 39.7 Å². The van der Waals surface area contributed by atoms with Crippen molar-refractivity contribution in [2.24, 2.45) is 0 Å². The van der Waals surface area contributed by atoms with Gasteiger partial charge in [-0.3, -0.25) is 4.79 Å². The van der Waals surface area contributed by atoms with Gasteiger partial charge >= 0.3 is 6.03 Å². The van der Waals surface area contributed by atoms with Crippen LogP contribution in [0.15, 0.2) is 0 Å². The van der Waals surface area contributed by atoms with E-state index in [2.05, 4.69) is 10.6 Å². The van der Waals surface area contributed by atoms with Crippen molar-refractivity contribution in [1.82, 2.24) is 15.5 Å². The van der Waals surface area contributed by atoms with E-state index in [4.69, 9.17) is 4.74 Å². The van der Waals surface area contributed by atoms with Crippen LogP contribution in [0, 0.1) is 0 Å². The lowest BCUT2D eigenvalue weighted by Gasteiger charge is -2.20. The summed E-state index contributed by atoms with van der Waals surface area (Å²) < 4.78 is 4.92. The van der Waals surface area contributed by atoms with Gasteiger partial charge in [-0.2, -0.15) is 0 Å². The maximum atomic E-state index is 11.3. The summed E-state index contributed by atoms with van der Waals surface area (Å²) >= 11 is 0. The Labute approximate surface area is 102 Å². The first-order valence-electron chi connectivity index (χ1n) is 5.92. The minimum Gasteiger partial charge on any atom is -0.383 e. The molecule has 1 saturated carbocycles. The molecule has 1 fully saturated rings. The first-order chi connectivity index (χ1) is 8.13. The molecule has 0 aromatic carbocycles. The summed E-state index contributed by atoms with van der Waals surface area (Å²) in [6.45, 7) is 3.55. The largest absolute Gasteiger partial charge is 0.383 e. The van der Waals surface area contributed by atoms with Gasteiger partial charge in [0.15, 0.2) is 0 Å². The van der Waals surface area contributed by atoms with E-state index in [1.54, 1.807) is 12.0 Å². The van der Waals surface area contributed by atoms with E-state index in [-0.39, 0.29) is 11.9 Å². The van der Waals surface area contributed by atoms with Crippen molar-refractivity contribution >= 4 is 11.9 Å². The first-order valence-corrected chi connectivity index (χ1v) is 5.92. The molecule has 1 aliphatic rings. The molecule has 0 heterocycles. The van der Waals surface area contributed by atoms with E-state index in [1.807, 2.05) is 0 Å². The van der Waals surface area contributed by atoms with E-state index in [0.29, 0.717) is 32.3 Å². The molecule has 0 radical (unpaired) electrons. The molecule has 1 aliphatic carbocycles. The van der Waals surface area contributed by atoms with Crippen LogP contribution in [0.3, 0.4) is 0 Å². The van der Waals surface area contributed by atoms with E-state index >= 15 is 0 Å². The highest BCUT2D eigenvalue weighted by atomic mass is 16.5. The molecule has 0 atom stereocenters. The average molecular weight is 243 g/mol. The van der Waals surface area contributed by atoms with E-state index in [9.17, 15) is 9.59 Å². The third-order valence-electron chi connectivity index (χ3n) is 2.59. The second-order valence-electron chi connectivity index (χ2n) is 4.17. The lowest BCUT2D eigenvalue weighted by atomic mass is 10.4. The van der Waals surface area contributed by atoms with Crippen molar-refractivity contribution in [3.8, 4) is 0 Å². The fourth-order valence-electron chi connectivity index (χ4n) is 1.40. The van der Waals surface area contributed by atoms with Crippen molar-refractivity contribution in [3.63, 3.8) is 0 Å². The summed E-state index contributed by atoms with van der Waals surface area (Å²) in [5.74, 6) is -0.00792. The number of rotatable bonds is 7. The number of hydrogen-bond donors (Lipinski definition) is 2. The molecule has 1 rings (SSSR count). The van der Waals surface area contributed by atoms with Gasteiger partial charge < -0.3 is 20.3 Å². The van der Waals surface area contributed by atoms with Gasteiger partial charge in [0.05, 0.1) is 6.61 Å². The maximum Gasteiger partial charge on any atom is 0.315 e. The van der Waals surface area contributed by atoms with Crippen LogP contribution < -0.4 is 10.6 Å². The number of carbonyl (C=O) groups excluding carboxylic acids is 2. The highest BCUT2D eigenvalue weighted by molar-refractivity contribution is 5.75. The molecular formula is C11H21N3O3. The summed E-state index contributed by atoms with van der Waals surface area (Å²) in [6, 6.07) is 0.204. The van der Waals surface area contributed by atoms with Gasteiger partial charge in [-0.1, -0.05) is 0 Å². The van der Waals surface area contributed by atoms with Gasteiger partial charge in [-0.25, -0.2) is 4.79 Å². The lowest BCUT2D eigenvalue weighted by molar-refractivity contribution is -0.129. The molecule has 6 nitrogen and oxygen atoms in total. The van der Waals surface area contributed by atoms with E-state index < -0.39 is 0 Å². The third kappa shape index (κ3) is 6.11. The van der Waals surface area contributed by atoms with Gasteiger partial charge in [0.1, 0.15) is 0 Å². The molecule has 0 aromatic heterocycles. The number of hydrogen-bond acceptors (Lipinski definition) is 3. The summed E-state index contributed by atoms with van der Waals surface area (Å²) in [5, 5.41) is 5.55. The van der Waals surface area contributed by atoms with Gasteiger partial charge in [0.2, 0.25) is 5.91 Å². The van der Waals surface area contributed by atoms with Crippen molar-refractivity contribution < 1.29 is 14.3 Å². The van der Waals surface area contributed by atoms with Crippen LogP contribution in [0.5, 0.6) is 0 Å². The first kappa shape index (κ1) is 13.8. The molecule has 2 N–H and O–H groups in total. The molecule has 0 aromatic rings. The number of carbonyl (C=O) groups is 2. The van der Waals surface area contributed by atoms with Crippen LogP contribution in [0.25, 0.3) is 0 Å². The Hall–Kier alpha value is -1.30. The monoisotopic (exact) mass is 243 g/mol. The zero-order valence-electron chi connectivity index (χ0n) is 10.5. The highest BCUT2D eigenvalue weighted by Gasteiger charge is 2.22. The molecule has 0 spiro atoms. The molecule has 0 aliphatic heterocycles. The van der Waals surface area contributed by atoms with Crippen LogP contribution in [0.4, 0.5) is 4.79 Å². The zero-order chi connectivity index (χ0) is 12.7. The number of amides is 3. The Morgan fingerprint density at radius 2 is 2.06 bits per heavy atom. The third-order valence-corrected chi connectivity index (χ3v) is 2.59. The van der Waals surface area contributed by atoms with Crippen molar-refractivity contribution in [3.05, 3.63) is 0 Å². The van der Waals surface area contributed by atoms with E-state index in [1.165, 1.54) is 6.92 Å². The Morgan fingerprint density at radius 1 is 1.35 bits per heavy atom. The van der Waals surface area contributed by atoms with Crippen molar-refractivity contribution in [1.29, 1.82) is 0 Å². The van der Waals surface area contributed by atoms with Crippen LogP contribution >= 0.6 is 0 Å². The summed E-state index contributed by atoms with van der Waals surface area (Å²) in [4.78, 5) is 24.2. The van der Waals surface area contributed by atoms with Crippen LogP contribution in [0.2, 0.25) is 0 Å². The smallest absolute Gasteiger partial charge is 0.315 e. The predicted octanol–water partition coefficient (Wildman–Crippen LogP) is -0.0571. The zero-order valence-corrected chi connectivity index (χ0v) is 10.5. The van der Waals surface area contributed by atoms with Gasteiger partial charge in [-0.15, -0.1) is 0 Å². The molecule has 0 bridgehead atoms. The number of nitrogens with one attached hydrogen (secondary N) is 2. The van der Waals surface area contributed by atoms with E-state index in [0.717, 1.165) is 12.8 Å². The molecule has 0 unspecified atom stereocenters. The highest BCUT2D eigenvalue weighted by Crippen LogP contribution is 2.18. The number of ether oxygens (including phenoxy) is 1. The second kappa shape index (κ2) is 7.11. The molecule has 6 heteroatoms. The van der Waals surface area contributed by atoms with Gasteiger partial charge in [0.25, 0.3) is 0 Å². The number of urea groups is 1. The van der Waals surface area contributed by atoms with Crippen LogP contribution in [-0.4, -0.2) is 56.2 Å². The number of methoxy groups -OCH3 is 1. The Balaban J connectivity index is 2.11. The summed E-state index contributed by atoms with van der Waals surface area (Å²) in [5.41, 5.74) is 0. The Kier molecular flexibility index (Phi) is 5.76. The number of nitrogens with zero attached hydrogens (tertiary/aromatic N) is 1.